The Morgan fingerprint density at radius 3 is 0.656 bits per heavy atom. The van der Waals surface area contributed by atoms with E-state index in [0.717, 1.165) is 0 Å². The van der Waals surface area contributed by atoms with Crippen molar-refractivity contribution < 1.29 is 86.3 Å². The van der Waals surface area contributed by atoms with Crippen LogP contribution >= 0.6 is 0 Å². The number of carbonyl (C=O) groups is 18. The number of guanidine groups is 3. The van der Waals surface area contributed by atoms with Gasteiger partial charge in [-0.25, -0.2) is 0 Å². The van der Waals surface area contributed by atoms with Crippen molar-refractivity contribution in [2.75, 3.05) is 177 Å². The van der Waals surface area contributed by atoms with Crippen LogP contribution in [-0.2, 0) is 86.3 Å². The van der Waals surface area contributed by atoms with Crippen LogP contribution in [0, 0.1) is 5.41 Å². The third kappa shape index (κ3) is 49.5. The number of rotatable bonds is 66. The van der Waals surface area contributed by atoms with Crippen molar-refractivity contribution in [1.29, 1.82) is 0 Å². The molecular formula is C83H153N27O18. The van der Waals surface area contributed by atoms with E-state index in [2.05, 4.69) is 62.8 Å². The number of nitrogens with one attached hydrogen (secondary N) is 9. The van der Waals surface area contributed by atoms with Gasteiger partial charge < -0.3 is 126 Å². The van der Waals surface area contributed by atoms with E-state index < -0.39 is 138 Å². The second-order valence-corrected chi connectivity index (χ2v) is 32.2. The van der Waals surface area contributed by atoms with Crippen LogP contribution in [0.15, 0.2) is 15.0 Å². The van der Waals surface area contributed by atoms with Gasteiger partial charge in [0.1, 0.15) is 18.1 Å². The largest absolute Gasteiger partial charge is 0.370 e. The molecule has 728 valence electrons. The number of Topliss-reactive ketones (excluding diaryl/α,β-unsaturated/α-hetero) is 1. The second kappa shape index (κ2) is 64.2. The summed E-state index contributed by atoms with van der Waals surface area (Å²) >= 11 is 0. The molecule has 0 aliphatic rings. The van der Waals surface area contributed by atoms with Gasteiger partial charge in [-0.1, -0.05) is 83.1 Å². The topological polar surface area (TPSA) is 638 Å². The number of hydrogen-bond donors (Lipinski definition) is 15. The number of aliphatic imine (C=N–C) groups is 3. The van der Waals surface area contributed by atoms with Gasteiger partial charge in [0.2, 0.25) is 100 Å². The Morgan fingerprint density at radius 2 is 0.461 bits per heavy atom. The average Bonchev–Trinajstić information content (AvgIpc) is 0.859. The maximum absolute atomic E-state index is 14.3. The van der Waals surface area contributed by atoms with E-state index in [1.807, 2.05) is 20.8 Å². The highest BCUT2D eigenvalue weighted by Crippen LogP contribution is 2.18. The zero-order valence-electron chi connectivity index (χ0n) is 78.6. The number of amides is 17. The van der Waals surface area contributed by atoms with Crippen molar-refractivity contribution >= 4 is 124 Å². The Labute approximate surface area is 754 Å². The van der Waals surface area contributed by atoms with Gasteiger partial charge in [0.15, 0.2) is 23.7 Å². The SMILES string of the molecule is CCC(=O)N(CCNC(=O)CN(CCNC(=O)[C@H](CCCN=C(N)N)N(CCNC(=O)CN(CCNC(C)(C)C)C(=O)CC)C(=O)CC)C(=O)CC)CC(=O)NCCN(C(=O)CC)[C@@H](CCCN=C(N)N)C(=O)NCCN(CC(=O)NCCN(CC(=O)NCCN(C(=O)CC)[C@@H](CCCN=C(N)N)C(=O)NCCN(CC(=O)C(C)(C)C)C(=O)CC)C(=O)CC)C(=O)CC. The summed E-state index contributed by atoms with van der Waals surface area (Å²) < 4.78 is 0. The lowest BCUT2D eigenvalue weighted by Crippen LogP contribution is -2.53. The van der Waals surface area contributed by atoms with Crippen LogP contribution in [0.1, 0.15) is 200 Å². The minimum atomic E-state index is -1.18. The summed E-state index contributed by atoms with van der Waals surface area (Å²) in [4.78, 5) is 266. The Balaban J connectivity index is 6.24. The molecule has 0 spiro atoms. The molecule has 0 fully saturated rings. The lowest BCUT2D eigenvalue weighted by molar-refractivity contribution is -0.141. The van der Waals surface area contributed by atoms with E-state index >= 15 is 0 Å². The van der Waals surface area contributed by atoms with Gasteiger partial charge >= 0.3 is 0 Å². The zero-order valence-corrected chi connectivity index (χ0v) is 78.6. The first kappa shape index (κ1) is 116. The van der Waals surface area contributed by atoms with Crippen molar-refractivity contribution in [3.05, 3.63) is 0 Å². The van der Waals surface area contributed by atoms with Crippen LogP contribution in [0.3, 0.4) is 0 Å². The Hall–Kier alpha value is -11.6. The van der Waals surface area contributed by atoms with Crippen LogP contribution < -0.4 is 82.3 Å². The maximum Gasteiger partial charge on any atom is 0.242 e. The second-order valence-electron chi connectivity index (χ2n) is 32.2. The fourth-order valence-corrected chi connectivity index (χ4v) is 12.9. The summed E-state index contributed by atoms with van der Waals surface area (Å²) in [5.41, 5.74) is 32.4. The Kier molecular flexibility index (Phi) is 58.4. The minimum Gasteiger partial charge on any atom is -0.370 e. The average molecular weight is 1820 g/mol. The van der Waals surface area contributed by atoms with Gasteiger partial charge in [-0.2, -0.15) is 0 Å². The summed E-state index contributed by atoms with van der Waals surface area (Å²) in [5.74, 6) is -9.21. The fraction of sp³-hybridized carbons (Fsp3) is 0.747. The fourth-order valence-electron chi connectivity index (χ4n) is 12.9. The van der Waals surface area contributed by atoms with Gasteiger partial charge in [0.05, 0.1) is 39.3 Å². The van der Waals surface area contributed by atoms with E-state index in [-0.39, 0.29) is 281 Å². The van der Waals surface area contributed by atoms with Crippen LogP contribution in [0.4, 0.5) is 0 Å². The van der Waals surface area contributed by atoms with Crippen molar-refractivity contribution in [2.24, 2.45) is 54.8 Å². The number of ketones is 1. The highest BCUT2D eigenvalue weighted by Gasteiger charge is 2.35. The summed E-state index contributed by atoms with van der Waals surface area (Å²) in [6, 6.07) is -3.34. The number of carbonyl (C=O) groups excluding carboxylic acids is 18. The third-order valence-corrected chi connectivity index (χ3v) is 20.0. The molecule has 128 heavy (non-hydrogen) atoms. The van der Waals surface area contributed by atoms with Crippen molar-refractivity contribution in [3.8, 4) is 0 Å². The predicted molar refractivity (Wildman–Crippen MR) is 485 cm³/mol. The molecule has 17 amide bonds. The molecule has 0 aromatic heterocycles. The van der Waals surface area contributed by atoms with Gasteiger partial charge in [-0.3, -0.25) is 101 Å². The van der Waals surface area contributed by atoms with Gasteiger partial charge in [-0.05, 0) is 59.3 Å². The van der Waals surface area contributed by atoms with Crippen LogP contribution in [-0.4, -0.2) is 369 Å². The molecule has 0 aromatic carbocycles. The van der Waals surface area contributed by atoms with Crippen molar-refractivity contribution in [2.45, 2.75) is 224 Å². The molecule has 0 heterocycles. The van der Waals surface area contributed by atoms with Crippen molar-refractivity contribution in [3.63, 3.8) is 0 Å². The molecule has 0 saturated heterocycles. The number of nitrogens with two attached hydrogens (primary N) is 6. The molecule has 0 unspecified atom stereocenters. The van der Waals surface area contributed by atoms with Crippen molar-refractivity contribution in [1.82, 2.24) is 92.0 Å². The number of hydrogen-bond acceptors (Lipinski definition) is 22. The lowest BCUT2D eigenvalue weighted by atomic mass is 9.90. The molecular weight excluding hydrogens is 1660 g/mol. The summed E-state index contributed by atoms with van der Waals surface area (Å²) in [7, 11) is 0. The molecule has 21 N–H and O–H groups in total. The molecule has 0 radical (unpaired) electrons. The molecule has 0 aliphatic heterocycles. The predicted octanol–water partition coefficient (Wildman–Crippen LogP) is -4.67. The maximum atomic E-state index is 14.3. The highest BCUT2D eigenvalue weighted by atomic mass is 16.2. The molecule has 0 rings (SSSR count). The van der Waals surface area contributed by atoms with E-state index in [9.17, 15) is 86.3 Å². The van der Waals surface area contributed by atoms with Crippen LogP contribution in [0.2, 0.25) is 0 Å². The first-order valence-electron chi connectivity index (χ1n) is 44.5. The van der Waals surface area contributed by atoms with Crippen LogP contribution in [0.25, 0.3) is 0 Å². The zero-order chi connectivity index (χ0) is 97.2. The summed E-state index contributed by atoms with van der Waals surface area (Å²) in [6.45, 7) is 22.2. The quantitative estimate of drug-likeness (QED) is 0.0155. The Bertz CT molecular complexity index is 3670. The van der Waals surface area contributed by atoms with Gasteiger partial charge in [-0.15, -0.1) is 0 Å². The van der Waals surface area contributed by atoms with Gasteiger partial charge in [0, 0.05) is 206 Å². The molecule has 0 bridgehead atoms. The highest BCUT2D eigenvalue weighted by molar-refractivity contribution is 5.93. The summed E-state index contributed by atoms with van der Waals surface area (Å²) in [6.07, 6.45) is 1.06. The lowest BCUT2D eigenvalue weighted by Gasteiger charge is -2.32. The normalized spacial score (nSPS) is 11.7. The molecule has 45 heteroatoms. The third-order valence-electron chi connectivity index (χ3n) is 20.0. The van der Waals surface area contributed by atoms with E-state index in [0.29, 0.717) is 6.54 Å². The number of nitrogens with zero attached hydrogens (tertiary/aromatic N) is 12. The molecule has 3 atom stereocenters. The molecule has 0 aromatic rings. The monoisotopic (exact) mass is 1820 g/mol. The minimum absolute atomic E-state index is 0.00423. The van der Waals surface area contributed by atoms with E-state index in [1.54, 1.807) is 83.1 Å². The van der Waals surface area contributed by atoms with E-state index in [4.69, 9.17) is 34.4 Å². The standard InChI is InChI=1S/C83H153N27O18/c1-16-67(117)102(52-61(111)82(10,11)12)45-36-95-76(126)58(28-25-31-98-79(84)85)108(73(123)22-7)49-39-92-64(114)55-103(68(118)17-2)43-34-90-62(112)53-105(70(120)19-4)46-37-96-77(127)59(29-26-32-99-80(86)87)109(74(124)23-8)50-40-93-65(115)56-104(69(119)18-3)44-35-91-63(113)54-106(71(121)20-5)47-38-97-78(128)60(30-27-33-100-81(88)89)110(75(125)24-9)51-41-94-66(116)57-107(72(122)21-6)48-42-101-83(13,14)15/h58-60,101H,16-57H2,1-15H3,(H,90,112)(H,91,113)(H,92,114)(H,93,115)(H,94,116)(H,95,126)(H,96,127)(H,97,128)(H4,84,85,98)(H4,86,87,99)(H4,88,89,100)/t58-,59-,60-/m0/s1. The molecule has 0 aliphatic carbocycles. The molecule has 0 saturated carbocycles. The van der Waals surface area contributed by atoms with E-state index in [1.165, 1.54) is 44.1 Å². The Morgan fingerprint density at radius 1 is 0.266 bits per heavy atom. The summed E-state index contributed by atoms with van der Waals surface area (Å²) in [5, 5.41) is 25.2. The smallest absolute Gasteiger partial charge is 0.242 e. The van der Waals surface area contributed by atoms with Crippen LogP contribution in [0.5, 0.6) is 0 Å². The van der Waals surface area contributed by atoms with Gasteiger partial charge in [0.25, 0.3) is 0 Å². The first-order valence-corrected chi connectivity index (χ1v) is 44.5. The molecule has 45 nitrogen and oxygen atoms in total. The first-order chi connectivity index (χ1) is 60.3.